The van der Waals surface area contributed by atoms with Crippen molar-refractivity contribution in [3.05, 3.63) is 59.1 Å². The van der Waals surface area contributed by atoms with Crippen LogP contribution < -0.4 is 5.43 Å². The lowest BCUT2D eigenvalue weighted by molar-refractivity contribution is -0.121. The summed E-state index contributed by atoms with van der Waals surface area (Å²) in [4.78, 5) is 11.1. The van der Waals surface area contributed by atoms with Crippen molar-refractivity contribution < 1.29 is 4.79 Å². The van der Waals surface area contributed by atoms with E-state index in [-0.39, 0.29) is 5.91 Å². The normalized spacial score (nSPS) is 14.7. The number of rotatable bonds is 2. The van der Waals surface area contributed by atoms with E-state index in [2.05, 4.69) is 22.7 Å². The van der Waals surface area contributed by atoms with Crippen LogP contribution in [-0.2, 0) is 4.79 Å². The lowest BCUT2D eigenvalue weighted by Crippen LogP contribution is -2.25. The Morgan fingerprint density at radius 1 is 0.850 bits per heavy atom. The number of hydrogen-bond donors (Lipinski definition) is 1. The van der Waals surface area contributed by atoms with Crippen LogP contribution in [0.1, 0.15) is 18.4 Å². The largest absolute Gasteiger partial charge is 0.273 e. The van der Waals surface area contributed by atoms with Gasteiger partial charge in [0.15, 0.2) is 0 Å². The van der Waals surface area contributed by atoms with E-state index in [9.17, 15) is 4.79 Å². The van der Waals surface area contributed by atoms with Crippen molar-refractivity contribution in [2.75, 3.05) is 0 Å². The second kappa shape index (κ2) is 5.47. The van der Waals surface area contributed by atoms with E-state index in [1.807, 2.05) is 36.4 Å². The lowest BCUT2D eigenvalue weighted by atomic mass is 10.00. The number of hydrazone groups is 1. The smallest absolute Gasteiger partial charge is 0.240 e. The second-order valence-electron chi connectivity index (χ2n) is 4.68. The van der Waals surface area contributed by atoms with Crippen LogP contribution in [0.2, 0.25) is 5.02 Å². The molecule has 0 fully saturated rings. The van der Waals surface area contributed by atoms with Gasteiger partial charge in [-0.25, -0.2) is 5.43 Å². The summed E-state index contributed by atoms with van der Waals surface area (Å²) in [6.07, 6.45) is 1.18. The third-order valence-corrected chi connectivity index (χ3v) is 3.55. The third kappa shape index (κ3) is 2.73. The molecule has 0 aromatic heterocycles. The minimum Gasteiger partial charge on any atom is -0.273 e. The van der Waals surface area contributed by atoms with Gasteiger partial charge in [0.2, 0.25) is 5.91 Å². The van der Waals surface area contributed by atoms with Gasteiger partial charge >= 0.3 is 0 Å². The third-order valence-electron chi connectivity index (χ3n) is 3.30. The van der Waals surface area contributed by atoms with E-state index in [4.69, 9.17) is 11.6 Å². The number of amides is 1. The first-order valence-electron chi connectivity index (χ1n) is 6.44. The lowest BCUT2D eigenvalue weighted by Gasteiger charge is -2.12. The predicted octanol–water partition coefficient (Wildman–Crippen LogP) is 3.62. The van der Waals surface area contributed by atoms with Gasteiger partial charge in [0.1, 0.15) is 0 Å². The molecule has 1 aliphatic rings. The monoisotopic (exact) mass is 284 g/mol. The molecular formula is C16H13ClN2O. The van der Waals surface area contributed by atoms with E-state index in [1.54, 1.807) is 0 Å². The van der Waals surface area contributed by atoms with E-state index < -0.39 is 0 Å². The number of halogens is 1. The maximum atomic E-state index is 11.1. The molecule has 0 spiro atoms. The van der Waals surface area contributed by atoms with Gasteiger partial charge in [0.25, 0.3) is 0 Å². The Balaban J connectivity index is 1.84. The fourth-order valence-electron chi connectivity index (χ4n) is 2.18. The Hall–Kier alpha value is -2.13. The average Bonchev–Trinajstić information content (AvgIpc) is 2.49. The van der Waals surface area contributed by atoms with Gasteiger partial charge in [0.05, 0.1) is 5.71 Å². The van der Waals surface area contributed by atoms with E-state index in [0.717, 1.165) is 27.4 Å². The average molecular weight is 285 g/mol. The highest BCUT2D eigenvalue weighted by molar-refractivity contribution is 6.30. The highest BCUT2D eigenvalue weighted by Gasteiger charge is 2.12. The number of nitrogens with one attached hydrogen (secondary N) is 1. The van der Waals surface area contributed by atoms with Gasteiger partial charge in [-0.3, -0.25) is 4.79 Å². The molecule has 0 atom stereocenters. The summed E-state index contributed by atoms with van der Waals surface area (Å²) < 4.78 is 0. The Kier molecular flexibility index (Phi) is 3.52. The van der Waals surface area contributed by atoms with Gasteiger partial charge in [-0.05, 0) is 28.8 Å². The van der Waals surface area contributed by atoms with Crippen LogP contribution in [0.3, 0.4) is 0 Å². The minimum atomic E-state index is -0.0217. The van der Waals surface area contributed by atoms with Crippen LogP contribution in [0, 0.1) is 0 Å². The second-order valence-corrected chi connectivity index (χ2v) is 5.11. The zero-order valence-electron chi connectivity index (χ0n) is 10.8. The molecule has 4 heteroatoms. The van der Waals surface area contributed by atoms with Crippen molar-refractivity contribution >= 4 is 23.2 Å². The van der Waals surface area contributed by atoms with Crippen LogP contribution in [-0.4, -0.2) is 11.6 Å². The fraction of sp³-hybridized carbons (Fsp3) is 0.125. The molecule has 2 aromatic carbocycles. The molecule has 20 heavy (non-hydrogen) atoms. The topological polar surface area (TPSA) is 41.5 Å². The van der Waals surface area contributed by atoms with Crippen LogP contribution in [0.4, 0.5) is 0 Å². The summed E-state index contributed by atoms with van der Waals surface area (Å²) in [6.45, 7) is 0. The fourth-order valence-corrected chi connectivity index (χ4v) is 2.31. The number of carbonyl (C=O) groups excluding carboxylic acids is 1. The summed E-state index contributed by atoms with van der Waals surface area (Å²) >= 11 is 5.89. The van der Waals surface area contributed by atoms with E-state index >= 15 is 0 Å². The Morgan fingerprint density at radius 3 is 1.95 bits per heavy atom. The van der Waals surface area contributed by atoms with E-state index in [1.165, 1.54) is 0 Å². The summed E-state index contributed by atoms with van der Waals surface area (Å²) in [5.74, 6) is -0.0217. The summed E-state index contributed by atoms with van der Waals surface area (Å²) in [6, 6.07) is 15.9. The molecule has 1 amide bonds. The molecule has 3 nitrogen and oxygen atoms in total. The van der Waals surface area contributed by atoms with Gasteiger partial charge in [-0.1, -0.05) is 48.0 Å². The standard InChI is InChI=1S/C16H13ClN2O/c17-14-7-5-12(6-8-14)11-1-3-13(4-2-11)15-9-10-16(20)19-18-15/h1-8H,9-10H2,(H,19,20). The van der Waals surface area contributed by atoms with Gasteiger partial charge in [-0.15, -0.1) is 0 Å². The number of hydrogen-bond acceptors (Lipinski definition) is 2. The predicted molar refractivity (Wildman–Crippen MR) is 80.8 cm³/mol. The molecule has 1 aliphatic heterocycles. The molecule has 3 rings (SSSR count). The first-order chi connectivity index (χ1) is 9.72. The quantitative estimate of drug-likeness (QED) is 0.899. The van der Waals surface area contributed by atoms with Crippen molar-refractivity contribution in [3.8, 4) is 11.1 Å². The summed E-state index contributed by atoms with van der Waals surface area (Å²) in [7, 11) is 0. The first kappa shape index (κ1) is 12.9. The number of benzene rings is 2. The zero-order valence-corrected chi connectivity index (χ0v) is 11.5. The molecule has 0 saturated carbocycles. The molecule has 0 radical (unpaired) electrons. The van der Waals surface area contributed by atoms with Crippen molar-refractivity contribution in [2.24, 2.45) is 5.10 Å². The van der Waals surface area contributed by atoms with Gasteiger partial charge < -0.3 is 0 Å². The van der Waals surface area contributed by atoms with Gasteiger partial charge in [0, 0.05) is 17.9 Å². The molecule has 2 aromatic rings. The summed E-state index contributed by atoms with van der Waals surface area (Å²) in [5, 5.41) is 4.83. The van der Waals surface area contributed by atoms with E-state index in [0.29, 0.717) is 12.8 Å². The highest BCUT2D eigenvalue weighted by Crippen LogP contribution is 2.22. The number of nitrogens with zero attached hydrogens (tertiary/aromatic N) is 1. The number of carbonyl (C=O) groups is 1. The minimum absolute atomic E-state index is 0.0217. The van der Waals surface area contributed by atoms with Crippen molar-refractivity contribution in [1.29, 1.82) is 0 Å². The maximum absolute atomic E-state index is 11.1. The zero-order chi connectivity index (χ0) is 13.9. The Bertz CT molecular complexity index is 660. The molecule has 1 N–H and O–H groups in total. The maximum Gasteiger partial charge on any atom is 0.240 e. The molecule has 0 saturated heterocycles. The molecule has 1 heterocycles. The van der Waals surface area contributed by atoms with Crippen molar-refractivity contribution in [3.63, 3.8) is 0 Å². The van der Waals surface area contributed by atoms with Crippen LogP contribution >= 0.6 is 11.6 Å². The van der Waals surface area contributed by atoms with Gasteiger partial charge in [-0.2, -0.15) is 5.10 Å². The molecule has 0 bridgehead atoms. The van der Waals surface area contributed by atoms with Crippen molar-refractivity contribution in [1.82, 2.24) is 5.43 Å². The molecule has 100 valence electrons. The Morgan fingerprint density at radius 2 is 1.40 bits per heavy atom. The first-order valence-corrected chi connectivity index (χ1v) is 6.82. The molecular weight excluding hydrogens is 272 g/mol. The van der Waals surface area contributed by atoms with Crippen LogP contribution in [0.5, 0.6) is 0 Å². The van der Waals surface area contributed by atoms with Crippen LogP contribution in [0.15, 0.2) is 53.6 Å². The summed E-state index contributed by atoms with van der Waals surface area (Å²) in [5.41, 5.74) is 6.74. The Labute approximate surface area is 122 Å². The molecule has 0 aliphatic carbocycles. The van der Waals surface area contributed by atoms with Crippen molar-refractivity contribution in [2.45, 2.75) is 12.8 Å². The van der Waals surface area contributed by atoms with Crippen LogP contribution in [0.25, 0.3) is 11.1 Å². The SMILES string of the molecule is O=C1CCC(c2ccc(-c3ccc(Cl)cc3)cc2)=NN1. The molecule has 0 unspecified atom stereocenters. The highest BCUT2D eigenvalue weighted by atomic mass is 35.5.